The van der Waals surface area contributed by atoms with Gasteiger partial charge in [0, 0.05) is 29.4 Å². The summed E-state index contributed by atoms with van der Waals surface area (Å²) in [5.74, 6) is 12.7. The predicted octanol–water partition coefficient (Wildman–Crippen LogP) is 4.70. The lowest BCUT2D eigenvalue weighted by molar-refractivity contribution is 0.150. The maximum Gasteiger partial charge on any atom is 0.144 e. The van der Waals surface area contributed by atoms with E-state index >= 15 is 0 Å². The van der Waals surface area contributed by atoms with Crippen LogP contribution in [0, 0.1) is 35.0 Å². The van der Waals surface area contributed by atoms with Gasteiger partial charge in [-0.2, -0.15) is 5.26 Å². The van der Waals surface area contributed by atoms with E-state index in [-0.39, 0.29) is 6.10 Å². The Balaban J connectivity index is 1.89. The fourth-order valence-electron chi connectivity index (χ4n) is 2.54. The molecule has 0 aromatic heterocycles. The molecule has 0 N–H and O–H groups in total. The van der Waals surface area contributed by atoms with Crippen LogP contribution in [-0.4, -0.2) is 7.11 Å². The first-order valence-corrected chi connectivity index (χ1v) is 8.50. The van der Waals surface area contributed by atoms with Crippen molar-refractivity contribution in [1.29, 1.82) is 5.26 Å². The molecule has 3 aromatic rings. The van der Waals surface area contributed by atoms with Crippen LogP contribution in [0.4, 0.5) is 0 Å². The van der Waals surface area contributed by atoms with Crippen molar-refractivity contribution in [1.82, 2.24) is 0 Å². The molecule has 0 fully saturated rings. The number of rotatable bonds is 2. The molecule has 128 valence electrons. The van der Waals surface area contributed by atoms with Crippen LogP contribution in [0.1, 0.15) is 33.9 Å². The molecule has 0 saturated carbocycles. The van der Waals surface area contributed by atoms with Gasteiger partial charge in [0.05, 0.1) is 11.6 Å². The highest BCUT2D eigenvalue weighted by molar-refractivity contribution is 5.49. The molecule has 0 aliphatic carbocycles. The number of nitrogens with zero attached hydrogens (tertiary/aromatic N) is 1. The summed E-state index contributed by atoms with van der Waals surface area (Å²) in [6, 6.07) is 27.0. The van der Waals surface area contributed by atoms with Crippen molar-refractivity contribution in [2.75, 3.05) is 7.11 Å². The largest absolute Gasteiger partial charge is 0.364 e. The summed E-state index contributed by atoms with van der Waals surface area (Å²) in [7, 11) is 1.64. The lowest BCUT2D eigenvalue weighted by Crippen LogP contribution is -2.01. The number of nitriles is 1. The number of hydrogen-bond donors (Lipinski definition) is 0. The van der Waals surface area contributed by atoms with Gasteiger partial charge in [-0.1, -0.05) is 60.1 Å². The lowest BCUT2D eigenvalue weighted by atomic mass is 10.0. The third-order valence-corrected chi connectivity index (χ3v) is 3.96. The van der Waals surface area contributed by atoms with Gasteiger partial charge in [0.1, 0.15) is 6.10 Å². The molecule has 0 aliphatic rings. The minimum Gasteiger partial charge on any atom is -0.364 e. The van der Waals surface area contributed by atoms with Crippen molar-refractivity contribution in [2.45, 2.75) is 6.10 Å². The van der Waals surface area contributed by atoms with Gasteiger partial charge in [-0.25, -0.2) is 0 Å². The van der Waals surface area contributed by atoms with Gasteiger partial charge in [0.2, 0.25) is 0 Å². The molecule has 0 amide bonds. The smallest absolute Gasteiger partial charge is 0.144 e. The highest BCUT2D eigenvalue weighted by Gasteiger charge is 2.10. The summed E-state index contributed by atoms with van der Waals surface area (Å²) in [5.41, 5.74) is 4.24. The van der Waals surface area contributed by atoms with Crippen LogP contribution < -0.4 is 0 Å². The number of methoxy groups -OCH3 is 1. The zero-order valence-corrected chi connectivity index (χ0v) is 14.9. The van der Waals surface area contributed by atoms with Crippen LogP contribution in [-0.2, 0) is 4.74 Å². The average molecular weight is 347 g/mol. The van der Waals surface area contributed by atoms with E-state index < -0.39 is 0 Å². The first-order valence-electron chi connectivity index (χ1n) is 8.50. The van der Waals surface area contributed by atoms with E-state index in [9.17, 15) is 0 Å². The number of hydrogen-bond acceptors (Lipinski definition) is 2. The maximum atomic E-state index is 8.88. The van der Waals surface area contributed by atoms with Crippen LogP contribution in [0.5, 0.6) is 0 Å². The second-order valence-electron chi connectivity index (χ2n) is 5.78. The van der Waals surface area contributed by atoms with Gasteiger partial charge in [0.25, 0.3) is 0 Å². The number of ether oxygens (including phenoxy) is 1. The predicted molar refractivity (Wildman–Crippen MR) is 107 cm³/mol. The molecule has 3 aromatic carbocycles. The minimum absolute atomic E-state index is 0.387. The van der Waals surface area contributed by atoms with Crippen molar-refractivity contribution in [2.24, 2.45) is 0 Å². The van der Waals surface area contributed by atoms with Crippen LogP contribution in [0.15, 0.2) is 78.9 Å². The van der Waals surface area contributed by atoms with Crippen molar-refractivity contribution < 1.29 is 4.74 Å². The topological polar surface area (TPSA) is 33.0 Å². The summed E-state index contributed by atoms with van der Waals surface area (Å²) >= 11 is 0. The molecular weight excluding hydrogens is 330 g/mol. The first kappa shape index (κ1) is 18.0. The fraction of sp³-hybridized carbons (Fsp3) is 0.0800. The zero-order valence-electron chi connectivity index (χ0n) is 14.9. The molecule has 27 heavy (non-hydrogen) atoms. The summed E-state index contributed by atoms with van der Waals surface area (Å²) in [6.07, 6.45) is -0.387. The fourth-order valence-corrected chi connectivity index (χ4v) is 2.54. The van der Waals surface area contributed by atoms with Gasteiger partial charge < -0.3 is 4.74 Å². The van der Waals surface area contributed by atoms with E-state index in [2.05, 4.69) is 29.8 Å². The van der Waals surface area contributed by atoms with Crippen LogP contribution in [0.25, 0.3) is 0 Å². The molecule has 0 aliphatic heterocycles. The molecule has 0 radical (unpaired) electrons. The monoisotopic (exact) mass is 347 g/mol. The maximum absolute atomic E-state index is 8.88. The summed E-state index contributed by atoms with van der Waals surface area (Å²) in [6.45, 7) is 0. The molecule has 2 nitrogen and oxygen atoms in total. The van der Waals surface area contributed by atoms with Crippen LogP contribution in [0.2, 0.25) is 0 Å². The Bertz CT molecular complexity index is 1070. The molecule has 0 bridgehead atoms. The standard InChI is InChI=1S/C25H17NO/c1-27-25(18-16-21-11-13-22(19-26)14-12-21)24-10-6-5-9-23(24)17-15-20-7-3-2-4-8-20/h2-14,25H,1H3. The van der Waals surface area contributed by atoms with E-state index in [1.54, 1.807) is 19.2 Å². The Morgan fingerprint density at radius 3 is 2.04 bits per heavy atom. The average Bonchev–Trinajstić information content (AvgIpc) is 2.74. The quantitative estimate of drug-likeness (QED) is 0.630. The molecule has 1 unspecified atom stereocenters. The molecule has 0 saturated heterocycles. The second-order valence-corrected chi connectivity index (χ2v) is 5.78. The Kier molecular flexibility index (Phi) is 6.06. The Morgan fingerprint density at radius 1 is 0.704 bits per heavy atom. The molecule has 0 spiro atoms. The van der Waals surface area contributed by atoms with Crippen LogP contribution in [0.3, 0.4) is 0 Å². The zero-order chi connectivity index (χ0) is 18.9. The van der Waals surface area contributed by atoms with Crippen molar-refractivity contribution in [3.8, 4) is 29.8 Å². The third-order valence-electron chi connectivity index (χ3n) is 3.96. The summed E-state index contributed by atoms with van der Waals surface area (Å²) in [5, 5.41) is 8.88. The Hall–Kier alpha value is -3.77. The van der Waals surface area contributed by atoms with Crippen molar-refractivity contribution in [3.63, 3.8) is 0 Å². The SMILES string of the molecule is COC(C#Cc1ccc(C#N)cc1)c1ccccc1C#Cc1ccccc1. The third kappa shape index (κ3) is 4.87. The molecule has 3 rings (SSSR count). The molecule has 2 heteroatoms. The molecule has 1 atom stereocenters. The van der Waals surface area contributed by atoms with E-state index in [1.165, 1.54) is 0 Å². The number of benzene rings is 3. The molecule has 0 heterocycles. The van der Waals surface area contributed by atoms with E-state index in [4.69, 9.17) is 10.00 Å². The van der Waals surface area contributed by atoms with Gasteiger partial charge in [-0.15, -0.1) is 0 Å². The Labute approximate surface area is 160 Å². The van der Waals surface area contributed by atoms with Gasteiger partial charge >= 0.3 is 0 Å². The first-order chi connectivity index (χ1) is 13.3. The van der Waals surface area contributed by atoms with Crippen molar-refractivity contribution in [3.05, 3.63) is 107 Å². The normalized spacial score (nSPS) is 10.5. The minimum atomic E-state index is -0.387. The van der Waals surface area contributed by atoms with Crippen LogP contribution >= 0.6 is 0 Å². The van der Waals surface area contributed by atoms with Crippen molar-refractivity contribution >= 4 is 0 Å². The lowest BCUT2D eigenvalue weighted by Gasteiger charge is -2.11. The van der Waals surface area contributed by atoms with Gasteiger partial charge in [-0.3, -0.25) is 0 Å². The summed E-state index contributed by atoms with van der Waals surface area (Å²) in [4.78, 5) is 0. The van der Waals surface area contributed by atoms with E-state index in [0.717, 1.165) is 22.3 Å². The van der Waals surface area contributed by atoms with Gasteiger partial charge in [0.15, 0.2) is 0 Å². The van der Waals surface area contributed by atoms with Gasteiger partial charge in [-0.05, 0) is 42.5 Å². The Morgan fingerprint density at radius 2 is 1.33 bits per heavy atom. The van der Waals surface area contributed by atoms with E-state index in [1.807, 2.05) is 66.7 Å². The second kappa shape index (κ2) is 9.07. The molecular formula is C25H17NO. The summed E-state index contributed by atoms with van der Waals surface area (Å²) < 4.78 is 5.60. The highest BCUT2D eigenvalue weighted by Crippen LogP contribution is 2.20. The highest BCUT2D eigenvalue weighted by atomic mass is 16.5. The van der Waals surface area contributed by atoms with E-state index in [0.29, 0.717) is 5.56 Å².